The Hall–Kier alpha value is -5.44. The number of carbonyl (C=O) groups is 5. The van der Waals surface area contributed by atoms with Crippen molar-refractivity contribution in [2.24, 2.45) is 10.6 Å². The highest BCUT2D eigenvalue weighted by Gasteiger charge is 2.54. The van der Waals surface area contributed by atoms with Crippen LogP contribution in [-0.4, -0.2) is 110 Å². The minimum atomic E-state index is -5.01. The third-order valence-electron chi connectivity index (χ3n) is 10.1. The Bertz CT molecular complexity index is 2120. The van der Waals surface area contributed by atoms with Gasteiger partial charge in [0.15, 0.2) is 11.3 Å². The molecular weight excluding hydrogens is 799 g/mol. The number of phosphoric ester groups is 1. The number of fused-ring (bicyclic) bond motifs is 5. The summed E-state index contributed by atoms with van der Waals surface area (Å²) in [6.07, 6.45) is 0.957. The molecule has 23 heteroatoms. The zero-order chi connectivity index (χ0) is 42.7. The lowest BCUT2D eigenvalue weighted by Crippen LogP contribution is -2.52. The second kappa shape index (κ2) is 17.2. The Labute approximate surface area is 328 Å². The highest BCUT2D eigenvalue weighted by Crippen LogP contribution is 2.46. The SMILES string of the molecule is CC1=NO[C@@]2(CC[C@H](C)N3C[C@H]2n2cc(C(=O)NCc4ccc(F)cc4F)c(=O)c(OCOC(=O)C(C)(C)CCN(CC(=O)O)C(=O)OCOP(=O)(O)O)c2C3=O)C1. The number of carboxylic acids is 1. The van der Waals surface area contributed by atoms with E-state index in [1.807, 2.05) is 6.92 Å². The minimum Gasteiger partial charge on any atom is -0.480 e. The molecule has 3 amide bonds. The van der Waals surface area contributed by atoms with E-state index >= 15 is 0 Å². The monoisotopic (exact) mass is 841 g/mol. The van der Waals surface area contributed by atoms with E-state index in [2.05, 4.69) is 19.7 Å². The van der Waals surface area contributed by atoms with Crippen LogP contribution in [0.1, 0.15) is 85.8 Å². The summed E-state index contributed by atoms with van der Waals surface area (Å²) in [7, 11) is -5.01. The van der Waals surface area contributed by atoms with Gasteiger partial charge < -0.3 is 48.7 Å². The number of hydrogen-bond donors (Lipinski definition) is 4. The molecule has 0 unspecified atom stereocenters. The number of halogens is 2. The fourth-order valence-electron chi connectivity index (χ4n) is 6.83. The molecule has 0 radical (unpaired) electrons. The molecule has 1 fully saturated rings. The molecule has 0 saturated carbocycles. The average Bonchev–Trinajstić information content (AvgIpc) is 3.47. The Balaban J connectivity index is 1.40. The van der Waals surface area contributed by atoms with E-state index in [9.17, 15) is 47.2 Å². The van der Waals surface area contributed by atoms with Crippen molar-refractivity contribution in [3.63, 3.8) is 0 Å². The van der Waals surface area contributed by atoms with Crippen molar-refractivity contribution >= 4 is 43.4 Å². The van der Waals surface area contributed by atoms with Gasteiger partial charge in [-0.3, -0.25) is 28.9 Å². The second-order valence-corrected chi connectivity index (χ2v) is 15.9. The number of nitrogens with zero attached hydrogens (tertiary/aromatic N) is 4. The van der Waals surface area contributed by atoms with Gasteiger partial charge in [0.2, 0.25) is 24.8 Å². The number of aromatic nitrogens is 1. The highest BCUT2D eigenvalue weighted by molar-refractivity contribution is 7.46. The summed E-state index contributed by atoms with van der Waals surface area (Å²) in [6, 6.07) is 1.74. The van der Waals surface area contributed by atoms with E-state index < -0.39 is 116 Å². The van der Waals surface area contributed by atoms with Crippen molar-refractivity contribution in [2.45, 2.75) is 77.6 Å². The number of nitrogens with one attached hydrogen (secondary N) is 1. The van der Waals surface area contributed by atoms with Gasteiger partial charge in [0.05, 0.1) is 17.2 Å². The Morgan fingerprint density at radius 2 is 1.88 bits per heavy atom. The van der Waals surface area contributed by atoms with E-state index in [1.54, 1.807) is 11.8 Å². The van der Waals surface area contributed by atoms with E-state index in [4.69, 9.17) is 24.1 Å². The molecule has 1 aromatic carbocycles. The molecule has 3 atom stereocenters. The van der Waals surface area contributed by atoms with Gasteiger partial charge in [-0.15, -0.1) is 0 Å². The van der Waals surface area contributed by atoms with Crippen LogP contribution in [0, 0.1) is 17.0 Å². The third-order valence-corrected chi connectivity index (χ3v) is 10.5. The van der Waals surface area contributed by atoms with Crippen molar-refractivity contribution in [2.75, 3.05) is 33.2 Å². The molecular formula is C35H42F2N5O15P. The number of benzene rings is 1. The van der Waals surface area contributed by atoms with Gasteiger partial charge in [-0.1, -0.05) is 11.2 Å². The standard InChI is InChI=1S/C35H42F2N5O15P/c1-19-12-35(57-39-19)8-7-20(2)41-15-25(35)42-14-23(30(46)38-13-21-5-6-22(36)11-24(21)37)28(45)29(27(42)31(41)47)53-17-54-32(48)34(3,4)9-10-40(16-26(43)44)33(49)55-18-56-58(50,51)52/h5-6,11,14,20,25H,7-10,12-13,15-18H2,1-4H3,(H,38,46)(H,43,44)(H2,50,51,52)/t20-,25+,35-/m0/s1. The van der Waals surface area contributed by atoms with Crippen LogP contribution in [0.15, 0.2) is 34.3 Å². The number of aliphatic carboxylic acids is 1. The molecule has 2 bridgehead atoms. The van der Waals surface area contributed by atoms with E-state index in [0.717, 1.165) is 12.1 Å². The molecule has 5 rings (SSSR count). The van der Waals surface area contributed by atoms with E-state index in [1.165, 1.54) is 24.6 Å². The third kappa shape index (κ3) is 9.80. The quantitative estimate of drug-likeness (QED) is 0.114. The second-order valence-electron chi connectivity index (χ2n) is 14.7. The van der Waals surface area contributed by atoms with E-state index in [-0.39, 0.29) is 30.3 Å². The Kier molecular flexibility index (Phi) is 12.9. The smallest absolute Gasteiger partial charge is 0.472 e. The van der Waals surface area contributed by atoms with Crippen LogP contribution >= 0.6 is 7.82 Å². The zero-order valence-electron chi connectivity index (χ0n) is 31.8. The van der Waals surface area contributed by atoms with Crippen LogP contribution in [0.25, 0.3) is 0 Å². The molecule has 4 N–H and O–H groups in total. The molecule has 20 nitrogen and oxygen atoms in total. The first-order valence-electron chi connectivity index (χ1n) is 17.8. The van der Waals surface area contributed by atoms with Crippen molar-refractivity contribution in [1.82, 2.24) is 19.7 Å². The lowest BCUT2D eigenvalue weighted by molar-refractivity contribution is -0.161. The lowest BCUT2D eigenvalue weighted by Gasteiger charge is -2.42. The first kappa shape index (κ1) is 43.7. The Morgan fingerprint density at radius 3 is 2.52 bits per heavy atom. The van der Waals surface area contributed by atoms with Crippen LogP contribution in [0.5, 0.6) is 5.75 Å². The van der Waals surface area contributed by atoms with Crippen LogP contribution < -0.4 is 15.5 Å². The highest BCUT2D eigenvalue weighted by atomic mass is 31.2. The normalized spacial score (nSPS) is 20.0. The van der Waals surface area contributed by atoms with Gasteiger partial charge in [-0.05, 0) is 53.0 Å². The molecule has 1 saturated heterocycles. The first-order valence-corrected chi connectivity index (χ1v) is 19.3. The van der Waals surface area contributed by atoms with E-state index in [0.29, 0.717) is 35.9 Å². The maximum Gasteiger partial charge on any atom is 0.472 e. The molecule has 316 valence electrons. The predicted octanol–water partition coefficient (Wildman–Crippen LogP) is 2.66. The number of hydrogen-bond acceptors (Lipinski definition) is 13. The minimum absolute atomic E-state index is 0.0785. The lowest BCUT2D eigenvalue weighted by atomic mass is 9.84. The fraction of sp³-hybridized carbons (Fsp3) is 0.514. The van der Waals surface area contributed by atoms with Crippen molar-refractivity contribution in [1.29, 1.82) is 0 Å². The van der Waals surface area contributed by atoms with Crippen molar-refractivity contribution in [3.05, 3.63) is 63.1 Å². The van der Waals surface area contributed by atoms with Crippen LogP contribution in [0.3, 0.4) is 0 Å². The molecule has 4 heterocycles. The number of pyridine rings is 1. The number of ether oxygens (including phenoxy) is 3. The molecule has 3 aliphatic rings. The van der Waals surface area contributed by atoms with Crippen molar-refractivity contribution < 1.29 is 75.8 Å². The molecule has 2 aromatic rings. The predicted molar refractivity (Wildman–Crippen MR) is 192 cm³/mol. The number of rotatable bonds is 15. The number of carbonyl (C=O) groups excluding carboxylic acids is 4. The van der Waals surface area contributed by atoms with Crippen LogP contribution in [0.2, 0.25) is 0 Å². The Morgan fingerprint density at radius 1 is 1.16 bits per heavy atom. The van der Waals surface area contributed by atoms with Gasteiger partial charge in [0.1, 0.15) is 23.7 Å². The summed E-state index contributed by atoms with van der Waals surface area (Å²) in [5.41, 5.74) is -3.69. The topological polar surface area (TPSA) is 262 Å². The summed E-state index contributed by atoms with van der Waals surface area (Å²) < 4.78 is 59.9. The van der Waals surface area contributed by atoms with Crippen molar-refractivity contribution in [3.8, 4) is 5.75 Å². The zero-order valence-corrected chi connectivity index (χ0v) is 32.7. The molecule has 58 heavy (non-hydrogen) atoms. The fourth-order valence-corrected chi connectivity index (χ4v) is 7.02. The van der Waals surface area contributed by atoms with Gasteiger partial charge in [0.25, 0.3) is 11.8 Å². The van der Waals surface area contributed by atoms with Crippen LogP contribution in [0.4, 0.5) is 13.6 Å². The number of oxime groups is 1. The summed E-state index contributed by atoms with van der Waals surface area (Å²) >= 11 is 0. The molecule has 1 spiro atoms. The number of esters is 1. The largest absolute Gasteiger partial charge is 0.480 e. The summed E-state index contributed by atoms with van der Waals surface area (Å²) in [5, 5.41) is 15.9. The number of phosphoric acid groups is 1. The average molecular weight is 842 g/mol. The molecule has 3 aliphatic heterocycles. The summed E-state index contributed by atoms with van der Waals surface area (Å²) in [5.74, 6) is -6.45. The van der Waals surface area contributed by atoms with Gasteiger partial charge in [-0.25, -0.2) is 22.7 Å². The number of carboxylic acid groups (broad SMARTS) is 1. The van der Waals surface area contributed by atoms with Gasteiger partial charge >= 0.3 is 25.9 Å². The maximum atomic E-state index is 14.4. The van der Waals surface area contributed by atoms with Gasteiger partial charge in [0, 0.05) is 49.9 Å². The first-order chi connectivity index (χ1) is 27.1. The van der Waals surface area contributed by atoms with Crippen LogP contribution in [-0.2, 0) is 39.5 Å². The maximum absolute atomic E-state index is 14.4. The number of amides is 3. The summed E-state index contributed by atoms with van der Waals surface area (Å²) in [6.45, 7) is 2.57. The molecule has 0 aliphatic carbocycles. The molecule has 1 aromatic heterocycles. The van der Waals surface area contributed by atoms with Gasteiger partial charge in [-0.2, -0.15) is 0 Å². The summed E-state index contributed by atoms with van der Waals surface area (Å²) in [4.78, 5) is 105.